The Morgan fingerprint density at radius 1 is 0.885 bits per heavy atom. The molecule has 0 saturated heterocycles. The van der Waals surface area contributed by atoms with Crippen LogP contribution in [0.4, 0.5) is 5.69 Å². The number of rotatable bonds is 5. The maximum Gasteiger partial charge on any atom is 0.214 e. The second kappa shape index (κ2) is 8.55. The SMILES string of the molecule is COc1ccc(C#Cc2ccccc2N(C=O)Cc2ccccc2)cc1. The van der Waals surface area contributed by atoms with Gasteiger partial charge in [0.25, 0.3) is 0 Å². The molecular weight excluding hydrogens is 322 g/mol. The van der Waals surface area contributed by atoms with Gasteiger partial charge in [-0.15, -0.1) is 0 Å². The van der Waals surface area contributed by atoms with Gasteiger partial charge < -0.3 is 9.64 Å². The highest BCUT2D eigenvalue weighted by Crippen LogP contribution is 2.21. The lowest BCUT2D eigenvalue weighted by molar-refractivity contribution is -0.107. The number of para-hydroxylation sites is 1. The van der Waals surface area contributed by atoms with E-state index in [1.807, 2.05) is 78.9 Å². The summed E-state index contributed by atoms with van der Waals surface area (Å²) < 4.78 is 5.16. The summed E-state index contributed by atoms with van der Waals surface area (Å²) in [6.45, 7) is 0.506. The number of nitrogens with zero attached hydrogens (tertiary/aromatic N) is 1. The predicted molar refractivity (Wildman–Crippen MR) is 104 cm³/mol. The lowest BCUT2D eigenvalue weighted by Crippen LogP contribution is -2.21. The van der Waals surface area contributed by atoms with E-state index >= 15 is 0 Å². The van der Waals surface area contributed by atoms with Crippen LogP contribution in [0.2, 0.25) is 0 Å². The lowest BCUT2D eigenvalue weighted by Gasteiger charge is -2.19. The van der Waals surface area contributed by atoms with Crippen molar-refractivity contribution in [2.75, 3.05) is 12.0 Å². The van der Waals surface area contributed by atoms with Crippen LogP contribution in [0.3, 0.4) is 0 Å². The summed E-state index contributed by atoms with van der Waals surface area (Å²) in [5.41, 5.74) is 3.57. The molecule has 3 aromatic rings. The van der Waals surface area contributed by atoms with Gasteiger partial charge in [0.05, 0.1) is 19.3 Å². The highest BCUT2D eigenvalue weighted by atomic mass is 16.5. The van der Waals surface area contributed by atoms with Gasteiger partial charge in [0.2, 0.25) is 6.41 Å². The molecule has 0 radical (unpaired) electrons. The third kappa shape index (κ3) is 4.31. The number of methoxy groups -OCH3 is 1. The Balaban J connectivity index is 1.87. The van der Waals surface area contributed by atoms with Gasteiger partial charge in [0.1, 0.15) is 5.75 Å². The number of anilines is 1. The molecule has 0 fully saturated rings. The average molecular weight is 341 g/mol. The zero-order valence-electron chi connectivity index (χ0n) is 14.6. The Morgan fingerprint density at radius 3 is 2.27 bits per heavy atom. The number of carbonyl (C=O) groups is 1. The molecule has 0 N–H and O–H groups in total. The Kier molecular flexibility index (Phi) is 5.69. The second-order valence-corrected chi connectivity index (χ2v) is 5.71. The molecule has 3 heteroatoms. The van der Waals surface area contributed by atoms with Crippen LogP contribution in [0.1, 0.15) is 16.7 Å². The third-order valence-electron chi connectivity index (χ3n) is 3.97. The van der Waals surface area contributed by atoms with E-state index < -0.39 is 0 Å². The van der Waals surface area contributed by atoms with E-state index in [0.29, 0.717) is 6.54 Å². The van der Waals surface area contributed by atoms with Crippen LogP contribution in [-0.4, -0.2) is 13.5 Å². The summed E-state index contributed by atoms with van der Waals surface area (Å²) in [6, 6.07) is 25.2. The minimum Gasteiger partial charge on any atom is -0.497 e. The largest absolute Gasteiger partial charge is 0.497 e. The summed E-state index contributed by atoms with van der Waals surface area (Å²) in [6.07, 6.45) is 0.848. The Morgan fingerprint density at radius 2 is 1.58 bits per heavy atom. The normalized spacial score (nSPS) is 9.73. The molecule has 128 valence electrons. The Hall–Kier alpha value is -3.51. The molecule has 0 aliphatic heterocycles. The van der Waals surface area contributed by atoms with Gasteiger partial charge in [-0.25, -0.2) is 0 Å². The van der Waals surface area contributed by atoms with Crippen molar-refractivity contribution in [3.05, 3.63) is 95.6 Å². The predicted octanol–water partition coefficient (Wildman–Crippen LogP) is 4.26. The monoisotopic (exact) mass is 341 g/mol. The van der Waals surface area contributed by atoms with Crippen molar-refractivity contribution >= 4 is 12.1 Å². The summed E-state index contributed by atoms with van der Waals surface area (Å²) in [5.74, 6) is 7.12. The smallest absolute Gasteiger partial charge is 0.214 e. The van der Waals surface area contributed by atoms with Crippen LogP contribution in [0.15, 0.2) is 78.9 Å². The number of amides is 1. The number of carbonyl (C=O) groups excluding carboxylic acids is 1. The number of hydrogen-bond donors (Lipinski definition) is 0. The molecule has 0 bridgehead atoms. The zero-order chi connectivity index (χ0) is 18.2. The van der Waals surface area contributed by atoms with Crippen LogP contribution in [-0.2, 0) is 11.3 Å². The minimum atomic E-state index is 0.506. The van der Waals surface area contributed by atoms with Crippen molar-refractivity contribution in [2.45, 2.75) is 6.54 Å². The molecule has 0 heterocycles. The highest BCUT2D eigenvalue weighted by molar-refractivity contribution is 5.79. The number of benzene rings is 3. The molecule has 0 spiro atoms. The molecule has 3 nitrogen and oxygen atoms in total. The van der Waals surface area contributed by atoms with Crippen LogP contribution in [0, 0.1) is 11.8 Å². The Bertz CT molecular complexity index is 922. The molecule has 0 aliphatic rings. The second-order valence-electron chi connectivity index (χ2n) is 5.71. The molecular formula is C23H19NO2. The standard InChI is InChI=1S/C23H19NO2/c1-26-22-15-12-19(13-16-22)11-14-21-9-5-6-10-23(21)24(18-25)17-20-7-3-2-4-8-20/h2-10,12-13,15-16,18H,17H2,1H3. The summed E-state index contributed by atoms with van der Waals surface area (Å²) in [5, 5.41) is 0. The molecule has 26 heavy (non-hydrogen) atoms. The molecule has 0 aromatic heterocycles. The van der Waals surface area contributed by atoms with E-state index in [1.165, 1.54) is 0 Å². The van der Waals surface area contributed by atoms with E-state index in [1.54, 1.807) is 12.0 Å². The van der Waals surface area contributed by atoms with E-state index in [0.717, 1.165) is 34.5 Å². The number of hydrogen-bond acceptors (Lipinski definition) is 2. The Labute approximate surface area is 153 Å². The maximum atomic E-state index is 11.7. The van der Waals surface area contributed by atoms with Crippen LogP contribution >= 0.6 is 0 Å². The van der Waals surface area contributed by atoms with Crippen LogP contribution < -0.4 is 9.64 Å². The van der Waals surface area contributed by atoms with Gasteiger partial charge in [-0.3, -0.25) is 4.79 Å². The fraction of sp³-hybridized carbons (Fsp3) is 0.0870. The summed E-state index contributed by atoms with van der Waals surface area (Å²) in [4.78, 5) is 13.3. The first kappa shape index (κ1) is 17.3. The topological polar surface area (TPSA) is 29.5 Å². The number of ether oxygens (including phenoxy) is 1. The van der Waals surface area contributed by atoms with Gasteiger partial charge in [0, 0.05) is 11.1 Å². The molecule has 0 saturated carbocycles. The fourth-order valence-corrected chi connectivity index (χ4v) is 2.60. The summed E-state index contributed by atoms with van der Waals surface area (Å²) >= 11 is 0. The van der Waals surface area contributed by atoms with Crippen molar-refractivity contribution in [1.29, 1.82) is 0 Å². The highest BCUT2D eigenvalue weighted by Gasteiger charge is 2.09. The first-order valence-electron chi connectivity index (χ1n) is 8.31. The quantitative estimate of drug-likeness (QED) is 0.513. The van der Waals surface area contributed by atoms with Crippen LogP contribution in [0.25, 0.3) is 0 Å². The molecule has 1 amide bonds. The van der Waals surface area contributed by atoms with Gasteiger partial charge in [-0.1, -0.05) is 54.3 Å². The van der Waals surface area contributed by atoms with Crippen molar-refractivity contribution in [3.8, 4) is 17.6 Å². The third-order valence-corrected chi connectivity index (χ3v) is 3.97. The van der Waals surface area contributed by atoms with Gasteiger partial charge >= 0.3 is 0 Å². The van der Waals surface area contributed by atoms with Gasteiger partial charge in [-0.05, 0) is 42.0 Å². The first-order valence-corrected chi connectivity index (χ1v) is 8.31. The maximum absolute atomic E-state index is 11.7. The van der Waals surface area contributed by atoms with E-state index in [9.17, 15) is 4.79 Å². The summed E-state index contributed by atoms with van der Waals surface area (Å²) in [7, 11) is 1.64. The van der Waals surface area contributed by atoms with Crippen molar-refractivity contribution in [2.24, 2.45) is 0 Å². The van der Waals surface area contributed by atoms with Crippen molar-refractivity contribution in [1.82, 2.24) is 0 Å². The molecule has 0 aliphatic carbocycles. The lowest BCUT2D eigenvalue weighted by atomic mass is 10.1. The van der Waals surface area contributed by atoms with Gasteiger partial charge in [0.15, 0.2) is 0 Å². The molecule has 3 rings (SSSR count). The van der Waals surface area contributed by atoms with Crippen LogP contribution in [0.5, 0.6) is 5.75 Å². The van der Waals surface area contributed by atoms with Gasteiger partial charge in [-0.2, -0.15) is 0 Å². The van der Waals surface area contributed by atoms with Crippen molar-refractivity contribution < 1.29 is 9.53 Å². The van der Waals surface area contributed by atoms with E-state index in [-0.39, 0.29) is 0 Å². The average Bonchev–Trinajstić information content (AvgIpc) is 2.72. The fourth-order valence-electron chi connectivity index (χ4n) is 2.60. The van der Waals surface area contributed by atoms with E-state index in [4.69, 9.17) is 4.74 Å². The molecule has 3 aromatic carbocycles. The molecule has 0 unspecified atom stereocenters. The zero-order valence-corrected chi connectivity index (χ0v) is 14.6. The van der Waals surface area contributed by atoms with Crippen molar-refractivity contribution in [3.63, 3.8) is 0 Å². The minimum absolute atomic E-state index is 0.506. The van der Waals surface area contributed by atoms with E-state index in [2.05, 4.69) is 11.8 Å². The first-order chi connectivity index (χ1) is 12.8. The molecule has 0 atom stereocenters.